The van der Waals surface area contributed by atoms with E-state index in [-0.39, 0.29) is 18.5 Å². The number of hydrogen-bond acceptors (Lipinski definition) is 5. The quantitative estimate of drug-likeness (QED) is 0.453. The van der Waals surface area contributed by atoms with E-state index in [0.717, 1.165) is 11.8 Å². The summed E-state index contributed by atoms with van der Waals surface area (Å²) < 4.78 is 36.7. The molecule has 1 amide bonds. The summed E-state index contributed by atoms with van der Waals surface area (Å²) in [6.07, 6.45) is 1.13. The minimum atomic E-state index is -3.58. The first-order valence-corrected chi connectivity index (χ1v) is 12.7. The molecule has 1 N–H and O–H groups in total. The number of carbonyl (C=O) groups is 1. The van der Waals surface area contributed by atoms with Gasteiger partial charge < -0.3 is 14.8 Å². The van der Waals surface area contributed by atoms with E-state index in [1.165, 1.54) is 4.31 Å². The highest BCUT2D eigenvalue weighted by atomic mass is 35.5. The number of methoxy groups -OCH3 is 2. The number of amides is 1. The minimum Gasteiger partial charge on any atom is -0.493 e. The Morgan fingerprint density at radius 3 is 2.24 bits per heavy atom. The third-order valence-electron chi connectivity index (χ3n) is 5.34. The van der Waals surface area contributed by atoms with Gasteiger partial charge in [-0.3, -0.25) is 9.10 Å². The van der Waals surface area contributed by atoms with Crippen molar-refractivity contribution in [3.8, 4) is 11.5 Å². The van der Waals surface area contributed by atoms with Crippen molar-refractivity contribution >= 4 is 33.2 Å². The van der Waals surface area contributed by atoms with E-state index in [1.807, 2.05) is 19.1 Å². The Balaban J connectivity index is 1.77. The lowest BCUT2D eigenvalue weighted by Crippen LogP contribution is -2.30. The molecule has 0 fully saturated rings. The van der Waals surface area contributed by atoms with Crippen molar-refractivity contribution < 1.29 is 22.7 Å². The Bertz CT molecular complexity index is 1260. The molecule has 1 atom stereocenters. The van der Waals surface area contributed by atoms with Crippen LogP contribution in [0.4, 0.5) is 5.69 Å². The van der Waals surface area contributed by atoms with Crippen LogP contribution >= 0.6 is 11.6 Å². The summed E-state index contributed by atoms with van der Waals surface area (Å²) in [5.41, 5.74) is 2.37. The van der Waals surface area contributed by atoms with Gasteiger partial charge in [-0.25, -0.2) is 8.42 Å². The van der Waals surface area contributed by atoms with Gasteiger partial charge in [-0.1, -0.05) is 35.9 Å². The lowest BCUT2D eigenvalue weighted by Gasteiger charge is -2.23. The van der Waals surface area contributed by atoms with E-state index in [0.29, 0.717) is 33.3 Å². The molecule has 0 spiro atoms. The third kappa shape index (κ3) is 6.01. The molecular formula is C25H27ClN2O5S. The zero-order valence-corrected chi connectivity index (χ0v) is 21.0. The first kappa shape index (κ1) is 25.4. The number of anilines is 1. The van der Waals surface area contributed by atoms with Crippen LogP contribution in [0.5, 0.6) is 11.5 Å². The van der Waals surface area contributed by atoms with Gasteiger partial charge in [-0.05, 0) is 60.5 Å². The average Bonchev–Trinajstić information content (AvgIpc) is 2.82. The Kier molecular flexibility index (Phi) is 8.06. The van der Waals surface area contributed by atoms with Crippen molar-refractivity contribution in [2.24, 2.45) is 0 Å². The molecule has 180 valence electrons. The van der Waals surface area contributed by atoms with Crippen LogP contribution in [0.15, 0.2) is 66.7 Å². The minimum absolute atomic E-state index is 0.0837. The van der Waals surface area contributed by atoms with Crippen molar-refractivity contribution in [1.82, 2.24) is 5.32 Å². The molecule has 0 saturated heterocycles. The van der Waals surface area contributed by atoms with Crippen LogP contribution in [-0.4, -0.2) is 34.8 Å². The number of hydrogen-bond donors (Lipinski definition) is 1. The molecule has 0 aliphatic rings. The maximum absolute atomic E-state index is 12.8. The molecule has 0 radical (unpaired) electrons. The van der Waals surface area contributed by atoms with Gasteiger partial charge in [0.15, 0.2) is 11.5 Å². The van der Waals surface area contributed by atoms with Crippen LogP contribution < -0.4 is 19.1 Å². The largest absolute Gasteiger partial charge is 0.493 e. The summed E-state index contributed by atoms with van der Waals surface area (Å²) in [5.74, 6) is 0.892. The molecule has 0 unspecified atom stereocenters. The van der Waals surface area contributed by atoms with Crippen LogP contribution in [0.3, 0.4) is 0 Å². The Labute approximate surface area is 205 Å². The molecular weight excluding hydrogens is 476 g/mol. The van der Waals surface area contributed by atoms with Crippen molar-refractivity contribution in [3.05, 3.63) is 88.4 Å². The molecule has 0 aromatic heterocycles. The second-order valence-corrected chi connectivity index (χ2v) is 10.0. The van der Waals surface area contributed by atoms with Gasteiger partial charge in [0, 0.05) is 10.6 Å². The molecule has 9 heteroatoms. The maximum Gasteiger partial charge on any atom is 0.251 e. The second-order valence-electron chi connectivity index (χ2n) is 7.72. The summed E-state index contributed by atoms with van der Waals surface area (Å²) in [6.45, 7) is 1.95. The Morgan fingerprint density at radius 1 is 1.00 bits per heavy atom. The maximum atomic E-state index is 12.8. The summed E-state index contributed by atoms with van der Waals surface area (Å²) >= 11 is 6.22. The molecule has 0 saturated carbocycles. The van der Waals surface area contributed by atoms with Crippen LogP contribution in [0.2, 0.25) is 5.02 Å². The smallest absolute Gasteiger partial charge is 0.251 e. The first-order chi connectivity index (χ1) is 16.1. The van der Waals surface area contributed by atoms with Crippen molar-refractivity contribution in [1.29, 1.82) is 0 Å². The monoisotopic (exact) mass is 502 g/mol. The fraction of sp³-hybridized carbons (Fsp3) is 0.240. The van der Waals surface area contributed by atoms with Crippen molar-refractivity contribution in [2.45, 2.75) is 19.5 Å². The van der Waals surface area contributed by atoms with E-state index in [9.17, 15) is 13.2 Å². The number of rotatable bonds is 9. The number of nitrogens with zero attached hydrogens (tertiary/aromatic N) is 1. The van der Waals surface area contributed by atoms with E-state index in [4.69, 9.17) is 21.1 Å². The molecule has 0 heterocycles. The summed E-state index contributed by atoms with van der Waals surface area (Å²) in [5, 5.41) is 3.43. The van der Waals surface area contributed by atoms with Gasteiger partial charge in [-0.15, -0.1) is 0 Å². The standard InChI is InChI=1S/C25H27ClN2O5S/c1-17(19-11-14-23(32-2)24(15-19)33-3)27-25(29)18-9-12-21(13-10-18)28(34(4,30)31)16-20-7-5-6-8-22(20)26/h5-15,17H,16H2,1-4H3,(H,27,29)/t17-/m1/s1. The van der Waals surface area contributed by atoms with Gasteiger partial charge in [0.1, 0.15) is 0 Å². The third-order valence-corrected chi connectivity index (χ3v) is 6.85. The number of ether oxygens (including phenoxy) is 2. The topological polar surface area (TPSA) is 84.9 Å². The highest BCUT2D eigenvalue weighted by Gasteiger charge is 2.20. The Morgan fingerprint density at radius 2 is 1.65 bits per heavy atom. The second kappa shape index (κ2) is 10.8. The zero-order valence-electron chi connectivity index (χ0n) is 19.4. The average molecular weight is 503 g/mol. The zero-order chi connectivity index (χ0) is 24.9. The van der Waals surface area contributed by atoms with E-state index >= 15 is 0 Å². The predicted molar refractivity (Wildman–Crippen MR) is 134 cm³/mol. The molecule has 3 rings (SSSR count). The highest BCUT2D eigenvalue weighted by Crippen LogP contribution is 2.30. The molecule has 3 aromatic rings. The van der Waals surface area contributed by atoms with Crippen LogP contribution in [-0.2, 0) is 16.6 Å². The summed E-state index contributed by atoms with van der Waals surface area (Å²) in [7, 11) is -0.467. The van der Waals surface area contributed by atoms with Crippen LogP contribution in [0.25, 0.3) is 0 Å². The van der Waals surface area contributed by atoms with Gasteiger partial charge in [0.2, 0.25) is 10.0 Å². The van der Waals surface area contributed by atoms with Gasteiger partial charge in [0.25, 0.3) is 5.91 Å². The lowest BCUT2D eigenvalue weighted by atomic mass is 10.1. The normalized spacial score (nSPS) is 12.0. The molecule has 34 heavy (non-hydrogen) atoms. The van der Waals surface area contributed by atoms with E-state index in [1.54, 1.807) is 68.8 Å². The summed E-state index contributed by atoms with van der Waals surface area (Å²) in [4.78, 5) is 12.8. The molecule has 7 nitrogen and oxygen atoms in total. The highest BCUT2D eigenvalue weighted by molar-refractivity contribution is 7.92. The Hall–Kier alpha value is -3.23. The molecule has 0 aliphatic heterocycles. The molecule has 0 bridgehead atoms. The van der Waals surface area contributed by atoms with Crippen LogP contribution in [0, 0.1) is 0 Å². The lowest BCUT2D eigenvalue weighted by molar-refractivity contribution is 0.0940. The van der Waals surface area contributed by atoms with Crippen LogP contribution in [0.1, 0.15) is 34.5 Å². The van der Waals surface area contributed by atoms with E-state index in [2.05, 4.69) is 5.32 Å². The van der Waals surface area contributed by atoms with Crippen molar-refractivity contribution in [2.75, 3.05) is 24.8 Å². The van der Waals surface area contributed by atoms with Gasteiger partial charge in [-0.2, -0.15) is 0 Å². The number of benzene rings is 3. The number of carbonyl (C=O) groups excluding carboxylic acids is 1. The number of halogens is 1. The van der Waals surface area contributed by atoms with E-state index < -0.39 is 10.0 Å². The summed E-state index contributed by atoms with van der Waals surface area (Å²) in [6, 6.07) is 18.6. The van der Waals surface area contributed by atoms with Crippen molar-refractivity contribution in [3.63, 3.8) is 0 Å². The molecule has 3 aromatic carbocycles. The fourth-order valence-corrected chi connectivity index (χ4v) is 4.52. The van der Waals surface area contributed by atoms with Gasteiger partial charge >= 0.3 is 0 Å². The number of sulfonamides is 1. The SMILES string of the molecule is COc1ccc([C@@H](C)NC(=O)c2ccc(N(Cc3ccccc3Cl)S(C)(=O)=O)cc2)cc1OC. The number of nitrogens with one attached hydrogen (secondary N) is 1. The predicted octanol–water partition coefficient (Wildman–Crippen LogP) is 4.81. The molecule has 0 aliphatic carbocycles. The fourth-order valence-electron chi connectivity index (χ4n) is 3.45. The van der Waals surface area contributed by atoms with Gasteiger partial charge in [0.05, 0.1) is 38.7 Å². The first-order valence-electron chi connectivity index (χ1n) is 10.5.